The highest BCUT2D eigenvalue weighted by Crippen LogP contribution is 2.11. The lowest BCUT2D eigenvalue weighted by atomic mass is 10.3. The van der Waals surface area contributed by atoms with E-state index in [0.29, 0.717) is 12.5 Å². The van der Waals surface area contributed by atoms with Gasteiger partial charge in [0.15, 0.2) is 0 Å². The van der Waals surface area contributed by atoms with E-state index in [2.05, 4.69) is 10.3 Å². The van der Waals surface area contributed by atoms with Crippen molar-refractivity contribution < 1.29 is 24.5 Å². The Kier molecular flexibility index (Phi) is 4.67. The van der Waals surface area contributed by atoms with Gasteiger partial charge in [-0.25, -0.2) is 0 Å². The number of carboxylic acid groups (broad SMARTS) is 2. The molecule has 0 atom stereocenters. The highest BCUT2D eigenvalue weighted by molar-refractivity contribution is 6.10. The Hall–Kier alpha value is -2.57. The van der Waals surface area contributed by atoms with Gasteiger partial charge in [0, 0.05) is 17.8 Å². The van der Waals surface area contributed by atoms with E-state index in [1.54, 1.807) is 19.1 Å². The van der Waals surface area contributed by atoms with Gasteiger partial charge in [0.2, 0.25) is 5.88 Å². The van der Waals surface area contributed by atoms with E-state index in [-0.39, 0.29) is 5.82 Å². The zero-order chi connectivity index (χ0) is 13.5. The van der Waals surface area contributed by atoms with Gasteiger partial charge >= 0.3 is 0 Å². The minimum atomic E-state index is -1.84. The van der Waals surface area contributed by atoms with Crippen LogP contribution in [0.5, 0.6) is 5.88 Å². The van der Waals surface area contributed by atoms with Crippen LogP contribution in [0.15, 0.2) is 30.0 Å². The van der Waals surface area contributed by atoms with Crippen LogP contribution in [0.4, 0.5) is 5.82 Å². The smallest absolute Gasteiger partial charge is 0.215 e. The Balaban J connectivity index is 2.84. The molecule has 0 saturated carbocycles. The number of aromatic nitrogens is 1. The summed E-state index contributed by atoms with van der Waals surface area (Å²) in [5.74, 6) is -3.12. The van der Waals surface area contributed by atoms with Crippen molar-refractivity contribution in [3.05, 3.63) is 30.0 Å². The molecule has 7 nitrogen and oxygen atoms in total. The van der Waals surface area contributed by atoms with Gasteiger partial charge in [-0.2, -0.15) is 4.98 Å². The fraction of sp³-hybridized carbons (Fsp3) is 0.182. The van der Waals surface area contributed by atoms with Gasteiger partial charge in [-0.05, 0) is 13.0 Å². The van der Waals surface area contributed by atoms with Crippen molar-refractivity contribution in [3.63, 3.8) is 0 Å². The number of carbonyl (C=O) groups is 2. The van der Waals surface area contributed by atoms with E-state index in [1.165, 1.54) is 6.07 Å². The van der Waals surface area contributed by atoms with Crippen LogP contribution in [-0.2, 0) is 9.59 Å². The van der Waals surface area contributed by atoms with Crippen LogP contribution in [0, 0.1) is 0 Å². The minimum absolute atomic E-state index is 0.237. The Morgan fingerprint density at radius 2 is 2.06 bits per heavy atom. The molecule has 1 aromatic heterocycles. The van der Waals surface area contributed by atoms with Crippen molar-refractivity contribution in [1.82, 2.24) is 4.98 Å². The average molecular weight is 250 g/mol. The number of aliphatic carboxylic acids is 2. The maximum atomic E-state index is 10.4. The molecule has 0 spiro atoms. The monoisotopic (exact) mass is 250 g/mol. The molecule has 0 amide bonds. The summed E-state index contributed by atoms with van der Waals surface area (Å²) in [4.78, 5) is 24.8. The van der Waals surface area contributed by atoms with Gasteiger partial charge in [-0.3, -0.25) is 0 Å². The molecular formula is C11H10N2O5-2. The predicted octanol–water partition coefficient (Wildman–Crippen LogP) is -1.72. The molecule has 96 valence electrons. The summed E-state index contributed by atoms with van der Waals surface area (Å²) in [6, 6.07) is 4.74. The largest absolute Gasteiger partial charge is 0.545 e. The molecule has 1 rings (SSSR count). The van der Waals surface area contributed by atoms with Crippen LogP contribution < -0.4 is 20.3 Å². The molecule has 0 unspecified atom stereocenters. The molecule has 0 aliphatic heterocycles. The first kappa shape index (κ1) is 13.5. The predicted molar refractivity (Wildman–Crippen MR) is 57.1 cm³/mol. The number of carbonyl (C=O) groups excluding carboxylic acids is 2. The molecule has 0 bridgehead atoms. The first-order chi connectivity index (χ1) is 8.54. The van der Waals surface area contributed by atoms with Crippen molar-refractivity contribution in [3.8, 4) is 5.88 Å². The Morgan fingerprint density at radius 1 is 1.39 bits per heavy atom. The molecule has 0 aromatic carbocycles. The summed E-state index contributed by atoms with van der Waals surface area (Å²) < 4.78 is 5.12. The van der Waals surface area contributed by atoms with Crippen molar-refractivity contribution >= 4 is 17.8 Å². The number of nitrogens with zero attached hydrogens (tertiary/aromatic N) is 1. The number of hydrogen-bond acceptors (Lipinski definition) is 7. The van der Waals surface area contributed by atoms with Crippen molar-refractivity contribution in [2.45, 2.75) is 6.92 Å². The van der Waals surface area contributed by atoms with Crippen molar-refractivity contribution in [2.24, 2.45) is 0 Å². The maximum absolute atomic E-state index is 10.4. The SMILES string of the molecule is CCOc1cccc(NC=C(C(=O)[O-])C(=O)[O-])n1. The third kappa shape index (κ3) is 3.78. The fourth-order valence-electron chi connectivity index (χ4n) is 1.07. The number of ether oxygens (including phenoxy) is 1. The lowest BCUT2D eigenvalue weighted by Crippen LogP contribution is -2.36. The minimum Gasteiger partial charge on any atom is -0.545 e. The van der Waals surface area contributed by atoms with E-state index < -0.39 is 17.5 Å². The summed E-state index contributed by atoms with van der Waals surface area (Å²) in [6.45, 7) is 2.21. The number of pyridine rings is 1. The summed E-state index contributed by atoms with van der Waals surface area (Å²) in [7, 11) is 0. The Bertz CT molecular complexity index is 468. The third-order valence-electron chi connectivity index (χ3n) is 1.82. The Labute approximate surface area is 103 Å². The molecule has 7 heteroatoms. The van der Waals surface area contributed by atoms with Gasteiger partial charge in [0.05, 0.1) is 18.5 Å². The highest BCUT2D eigenvalue weighted by atomic mass is 16.5. The topological polar surface area (TPSA) is 114 Å². The highest BCUT2D eigenvalue weighted by Gasteiger charge is 2.00. The molecule has 1 N–H and O–H groups in total. The lowest BCUT2D eigenvalue weighted by Gasteiger charge is -2.10. The van der Waals surface area contributed by atoms with Crippen LogP contribution >= 0.6 is 0 Å². The number of nitrogens with one attached hydrogen (secondary N) is 1. The standard InChI is InChI=1S/C11H12N2O5/c1-2-18-9-5-3-4-8(13-9)12-6-7(10(14)15)11(16)17/h3-6H,2H2,1H3,(H,12,13)(H,14,15)(H,16,17)/p-2. The average Bonchev–Trinajstić information content (AvgIpc) is 2.29. The zero-order valence-corrected chi connectivity index (χ0v) is 9.50. The summed E-state index contributed by atoms with van der Waals surface area (Å²) in [5, 5.41) is 23.3. The second-order valence-corrected chi connectivity index (χ2v) is 3.07. The second-order valence-electron chi connectivity index (χ2n) is 3.07. The number of anilines is 1. The van der Waals surface area contributed by atoms with E-state index in [4.69, 9.17) is 4.74 Å². The van der Waals surface area contributed by atoms with Crippen molar-refractivity contribution in [2.75, 3.05) is 11.9 Å². The molecule has 0 fully saturated rings. The molecule has 0 aliphatic carbocycles. The fourth-order valence-corrected chi connectivity index (χ4v) is 1.07. The van der Waals surface area contributed by atoms with E-state index in [0.717, 1.165) is 6.20 Å². The van der Waals surface area contributed by atoms with E-state index in [1.807, 2.05) is 0 Å². The van der Waals surface area contributed by atoms with Crippen LogP contribution in [0.1, 0.15) is 6.92 Å². The van der Waals surface area contributed by atoms with Gasteiger partial charge in [0.25, 0.3) is 0 Å². The lowest BCUT2D eigenvalue weighted by molar-refractivity contribution is -0.312. The number of carboxylic acids is 2. The summed E-state index contributed by atoms with van der Waals surface area (Å²) in [6.07, 6.45) is 0.739. The summed E-state index contributed by atoms with van der Waals surface area (Å²) >= 11 is 0. The maximum Gasteiger partial charge on any atom is 0.215 e. The van der Waals surface area contributed by atoms with Gasteiger partial charge in [-0.15, -0.1) is 0 Å². The first-order valence-electron chi connectivity index (χ1n) is 5.03. The second kappa shape index (κ2) is 6.24. The zero-order valence-electron chi connectivity index (χ0n) is 9.50. The Morgan fingerprint density at radius 3 is 2.61 bits per heavy atom. The molecular weight excluding hydrogens is 240 g/mol. The molecule has 1 aromatic rings. The van der Waals surface area contributed by atoms with Gasteiger partial charge in [-0.1, -0.05) is 6.07 Å². The third-order valence-corrected chi connectivity index (χ3v) is 1.82. The van der Waals surface area contributed by atoms with Gasteiger partial charge < -0.3 is 29.9 Å². The number of rotatable bonds is 6. The molecule has 0 radical (unpaired) electrons. The van der Waals surface area contributed by atoms with Crippen LogP contribution in [0.25, 0.3) is 0 Å². The van der Waals surface area contributed by atoms with Crippen LogP contribution in [0.2, 0.25) is 0 Å². The molecule has 1 heterocycles. The normalized spacial score (nSPS) is 9.39. The number of hydrogen-bond donors (Lipinski definition) is 1. The van der Waals surface area contributed by atoms with E-state index >= 15 is 0 Å². The summed E-state index contributed by atoms with van der Waals surface area (Å²) in [5.41, 5.74) is -1.00. The van der Waals surface area contributed by atoms with Crippen molar-refractivity contribution in [1.29, 1.82) is 0 Å². The van der Waals surface area contributed by atoms with E-state index in [9.17, 15) is 19.8 Å². The quantitative estimate of drug-likeness (QED) is 0.362. The van der Waals surface area contributed by atoms with Gasteiger partial charge in [0.1, 0.15) is 5.82 Å². The van der Waals surface area contributed by atoms with Crippen LogP contribution in [-0.4, -0.2) is 23.5 Å². The first-order valence-corrected chi connectivity index (χ1v) is 5.03. The molecule has 0 aliphatic rings. The van der Waals surface area contributed by atoms with Crippen LogP contribution in [0.3, 0.4) is 0 Å². The molecule has 18 heavy (non-hydrogen) atoms. The molecule has 0 saturated heterocycles.